The Morgan fingerprint density at radius 1 is 0.879 bits per heavy atom. The summed E-state index contributed by atoms with van der Waals surface area (Å²) in [6, 6.07) is 22.8. The molecule has 0 fully saturated rings. The summed E-state index contributed by atoms with van der Waals surface area (Å²) >= 11 is 0. The van der Waals surface area contributed by atoms with Crippen molar-refractivity contribution < 1.29 is 14.0 Å². The molecule has 3 rings (SSSR count). The van der Waals surface area contributed by atoms with Crippen LogP contribution in [-0.2, 0) is 29.0 Å². The first-order valence-corrected chi connectivity index (χ1v) is 11.3. The van der Waals surface area contributed by atoms with Crippen LogP contribution in [0.4, 0.5) is 4.39 Å². The fourth-order valence-electron chi connectivity index (χ4n) is 3.78. The second-order valence-corrected chi connectivity index (χ2v) is 8.62. The summed E-state index contributed by atoms with van der Waals surface area (Å²) in [7, 11) is 0. The van der Waals surface area contributed by atoms with Crippen LogP contribution < -0.4 is 5.32 Å². The van der Waals surface area contributed by atoms with Gasteiger partial charge in [-0.25, -0.2) is 4.39 Å². The molecule has 0 spiro atoms. The predicted molar refractivity (Wildman–Crippen MR) is 129 cm³/mol. The van der Waals surface area contributed by atoms with Crippen LogP contribution in [-0.4, -0.2) is 28.8 Å². The Morgan fingerprint density at radius 2 is 1.52 bits per heavy atom. The molecule has 4 nitrogen and oxygen atoms in total. The Labute approximate surface area is 195 Å². The summed E-state index contributed by atoms with van der Waals surface area (Å²) < 4.78 is 13.4. The number of hydrogen-bond acceptors (Lipinski definition) is 2. The van der Waals surface area contributed by atoms with E-state index in [9.17, 15) is 14.0 Å². The number of carbonyl (C=O) groups excluding carboxylic acids is 2. The van der Waals surface area contributed by atoms with E-state index in [-0.39, 0.29) is 30.1 Å². The first-order valence-electron chi connectivity index (χ1n) is 11.3. The van der Waals surface area contributed by atoms with Gasteiger partial charge in [0.2, 0.25) is 11.8 Å². The smallest absolute Gasteiger partial charge is 0.243 e. The molecule has 0 heterocycles. The predicted octanol–water partition coefficient (Wildman–Crippen LogP) is 4.84. The molecule has 0 bridgehead atoms. The third-order valence-corrected chi connectivity index (χ3v) is 5.57. The molecule has 0 aromatic heterocycles. The molecule has 0 saturated heterocycles. The normalized spacial score (nSPS) is 11.8. The van der Waals surface area contributed by atoms with Gasteiger partial charge in [-0.2, -0.15) is 0 Å². The topological polar surface area (TPSA) is 49.4 Å². The highest BCUT2D eigenvalue weighted by molar-refractivity contribution is 5.89. The zero-order valence-corrected chi connectivity index (χ0v) is 19.4. The number of aryl methyl sites for hydroxylation is 1. The third-order valence-electron chi connectivity index (χ3n) is 5.57. The maximum atomic E-state index is 13.6. The van der Waals surface area contributed by atoms with Crippen LogP contribution in [0.3, 0.4) is 0 Å². The number of nitrogens with one attached hydrogen (secondary N) is 1. The second kappa shape index (κ2) is 11.4. The van der Waals surface area contributed by atoms with E-state index in [1.54, 1.807) is 17.0 Å². The van der Waals surface area contributed by atoms with Gasteiger partial charge in [-0.05, 0) is 55.2 Å². The minimum absolute atomic E-state index is 0.0525. The quantitative estimate of drug-likeness (QED) is 0.511. The third kappa shape index (κ3) is 7.01. The van der Waals surface area contributed by atoms with Crippen molar-refractivity contribution >= 4 is 11.8 Å². The standard InChI is InChI=1S/C28H31FN2O2/c1-20(2)30-28(33)26(17-22-10-5-4-6-11-22)31(19-24-12-8-7-9-21(24)3)27(32)18-23-13-15-25(29)16-14-23/h4-16,20,26H,17-19H2,1-3H3,(H,30,33). The highest BCUT2D eigenvalue weighted by atomic mass is 19.1. The number of rotatable bonds is 9. The number of nitrogens with zero attached hydrogens (tertiary/aromatic N) is 1. The van der Waals surface area contributed by atoms with Gasteiger partial charge >= 0.3 is 0 Å². The van der Waals surface area contributed by atoms with Crippen LogP contribution in [0, 0.1) is 12.7 Å². The van der Waals surface area contributed by atoms with Gasteiger partial charge in [0.1, 0.15) is 11.9 Å². The lowest BCUT2D eigenvalue weighted by Crippen LogP contribution is -2.52. The lowest BCUT2D eigenvalue weighted by atomic mass is 10.00. The van der Waals surface area contributed by atoms with Crippen molar-refractivity contribution in [2.45, 2.75) is 52.2 Å². The summed E-state index contributed by atoms with van der Waals surface area (Å²) in [5, 5.41) is 2.99. The largest absolute Gasteiger partial charge is 0.352 e. The molecule has 172 valence electrons. The van der Waals surface area contributed by atoms with Crippen molar-refractivity contribution in [3.8, 4) is 0 Å². The molecule has 2 amide bonds. The van der Waals surface area contributed by atoms with Gasteiger partial charge < -0.3 is 10.2 Å². The van der Waals surface area contributed by atoms with E-state index < -0.39 is 6.04 Å². The number of halogens is 1. The molecule has 0 aliphatic carbocycles. The monoisotopic (exact) mass is 446 g/mol. The average Bonchev–Trinajstić information content (AvgIpc) is 2.79. The molecule has 1 unspecified atom stereocenters. The molecule has 3 aromatic rings. The van der Waals surface area contributed by atoms with E-state index in [1.807, 2.05) is 75.4 Å². The number of amides is 2. The van der Waals surface area contributed by atoms with Gasteiger partial charge in [0.15, 0.2) is 0 Å². The van der Waals surface area contributed by atoms with Crippen molar-refractivity contribution in [3.63, 3.8) is 0 Å². The summed E-state index contributed by atoms with van der Waals surface area (Å²) in [6.45, 7) is 6.13. The lowest BCUT2D eigenvalue weighted by molar-refractivity contribution is -0.141. The van der Waals surface area contributed by atoms with E-state index in [1.165, 1.54) is 12.1 Å². The van der Waals surface area contributed by atoms with E-state index in [2.05, 4.69) is 5.32 Å². The maximum Gasteiger partial charge on any atom is 0.243 e. The van der Waals surface area contributed by atoms with Crippen LogP contribution >= 0.6 is 0 Å². The zero-order valence-electron chi connectivity index (χ0n) is 19.4. The fraction of sp³-hybridized carbons (Fsp3) is 0.286. The number of benzene rings is 3. The Bertz CT molecular complexity index is 1060. The Morgan fingerprint density at radius 3 is 2.15 bits per heavy atom. The zero-order chi connectivity index (χ0) is 23.8. The summed E-state index contributed by atoms with van der Waals surface area (Å²) in [5.41, 5.74) is 3.73. The first kappa shape index (κ1) is 24.2. The molecule has 0 aliphatic rings. The van der Waals surface area contributed by atoms with Gasteiger partial charge in [0, 0.05) is 19.0 Å². The van der Waals surface area contributed by atoms with Crippen LogP contribution in [0.5, 0.6) is 0 Å². The highest BCUT2D eigenvalue weighted by Gasteiger charge is 2.31. The van der Waals surface area contributed by atoms with E-state index in [0.29, 0.717) is 18.5 Å². The average molecular weight is 447 g/mol. The SMILES string of the molecule is Cc1ccccc1CN(C(=O)Cc1ccc(F)cc1)C(Cc1ccccc1)C(=O)NC(C)C. The number of carbonyl (C=O) groups is 2. The lowest BCUT2D eigenvalue weighted by Gasteiger charge is -2.32. The van der Waals surface area contributed by atoms with Gasteiger partial charge in [0.05, 0.1) is 6.42 Å². The fourth-order valence-corrected chi connectivity index (χ4v) is 3.78. The molecular formula is C28H31FN2O2. The molecule has 0 aliphatic heterocycles. The highest BCUT2D eigenvalue weighted by Crippen LogP contribution is 2.18. The molecule has 1 N–H and O–H groups in total. The van der Waals surface area contributed by atoms with Crippen LogP contribution in [0.15, 0.2) is 78.9 Å². The minimum Gasteiger partial charge on any atom is -0.352 e. The van der Waals surface area contributed by atoms with E-state index in [0.717, 1.165) is 16.7 Å². The van der Waals surface area contributed by atoms with Gasteiger partial charge in [0.25, 0.3) is 0 Å². The van der Waals surface area contributed by atoms with E-state index in [4.69, 9.17) is 0 Å². The molecule has 0 radical (unpaired) electrons. The molecule has 5 heteroatoms. The Balaban J connectivity index is 1.97. The van der Waals surface area contributed by atoms with Gasteiger partial charge in [-0.15, -0.1) is 0 Å². The van der Waals surface area contributed by atoms with Gasteiger partial charge in [-0.3, -0.25) is 9.59 Å². The summed E-state index contributed by atoms with van der Waals surface area (Å²) in [5.74, 6) is -0.708. The van der Waals surface area contributed by atoms with Crippen molar-refractivity contribution in [2.75, 3.05) is 0 Å². The molecular weight excluding hydrogens is 415 g/mol. The van der Waals surface area contributed by atoms with E-state index >= 15 is 0 Å². The van der Waals surface area contributed by atoms with Crippen molar-refractivity contribution in [1.82, 2.24) is 10.2 Å². The molecule has 33 heavy (non-hydrogen) atoms. The molecule has 0 saturated carbocycles. The molecule has 1 atom stereocenters. The van der Waals surface area contributed by atoms with Crippen LogP contribution in [0.25, 0.3) is 0 Å². The Kier molecular flexibility index (Phi) is 8.36. The summed E-state index contributed by atoms with van der Waals surface area (Å²) in [6.07, 6.45) is 0.493. The first-order chi connectivity index (χ1) is 15.8. The second-order valence-electron chi connectivity index (χ2n) is 8.62. The van der Waals surface area contributed by atoms with Crippen molar-refractivity contribution in [2.24, 2.45) is 0 Å². The van der Waals surface area contributed by atoms with Crippen LogP contribution in [0.2, 0.25) is 0 Å². The number of hydrogen-bond donors (Lipinski definition) is 1. The van der Waals surface area contributed by atoms with Gasteiger partial charge in [-0.1, -0.05) is 66.7 Å². The maximum absolute atomic E-state index is 13.6. The summed E-state index contributed by atoms with van der Waals surface area (Å²) in [4.78, 5) is 28.6. The Hall–Kier alpha value is -3.47. The van der Waals surface area contributed by atoms with Crippen LogP contribution in [0.1, 0.15) is 36.1 Å². The van der Waals surface area contributed by atoms with Crippen molar-refractivity contribution in [3.05, 3.63) is 107 Å². The van der Waals surface area contributed by atoms with Crippen molar-refractivity contribution in [1.29, 1.82) is 0 Å². The molecule has 3 aromatic carbocycles. The minimum atomic E-state index is -0.678.